The lowest BCUT2D eigenvalue weighted by Crippen LogP contribution is -2.78. The molecular weight excluding hydrogens is 544 g/mol. The van der Waals surface area contributed by atoms with Crippen molar-refractivity contribution in [1.29, 1.82) is 0 Å². The number of hydrogen-bond acceptors (Lipinski definition) is 13. The van der Waals surface area contributed by atoms with Crippen molar-refractivity contribution in [2.75, 3.05) is 14.2 Å². The predicted molar refractivity (Wildman–Crippen MR) is 134 cm³/mol. The maximum atomic E-state index is 13.5. The summed E-state index contributed by atoms with van der Waals surface area (Å²) in [7, 11) is 2.62. The number of allylic oxidation sites excluding steroid dienone is 1. The van der Waals surface area contributed by atoms with Crippen LogP contribution in [-0.2, 0) is 33.3 Å². The van der Waals surface area contributed by atoms with Crippen LogP contribution in [0.15, 0.2) is 23.5 Å². The van der Waals surface area contributed by atoms with Gasteiger partial charge in [-0.1, -0.05) is 20.8 Å². The molecule has 6 rings (SSSR count). The molecule has 1 aromatic carbocycles. The van der Waals surface area contributed by atoms with E-state index in [0.717, 1.165) is 12.1 Å². The zero-order chi connectivity index (χ0) is 30.0. The summed E-state index contributed by atoms with van der Waals surface area (Å²) in [5.41, 5.74) is -7.05. The highest BCUT2D eigenvalue weighted by molar-refractivity contribution is 6.00. The minimum atomic E-state index is -2.04. The van der Waals surface area contributed by atoms with Gasteiger partial charge < -0.3 is 49.2 Å². The number of ether oxygens (including phenoxy) is 5. The number of carbonyl (C=O) groups excluding carboxylic acids is 3. The topological polar surface area (TPSA) is 202 Å². The zero-order valence-electron chi connectivity index (χ0n) is 23.0. The van der Waals surface area contributed by atoms with Crippen molar-refractivity contribution in [3.8, 4) is 17.2 Å². The van der Waals surface area contributed by atoms with Crippen LogP contribution in [0.3, 0.4) is 0 Å². The van der Waals surface area contributed by atoms with Gasteiger partial charge >= 0.3 is 11.9 Å². The van der Waals surface area contributed by atoms with E-state index in [2.05, 4.69) is 0 Å². The first-order chi connectivity index (χ1) is 19.1. The van der Waals surface area contributed by atoms with Crippen LogP contribution in [0.5, 0.6) is 17.2 Å². The number of phenolic OH excluding ortho intramolecular Hbond substituents is 3. The van der Waals surface area contributed by atoms with Crippen molar-refractivity contribution in [2.24, 2.45) is 17.3 Å². The van der Waals surface area contributed by atoms with Crippen molar-refractivity contribution in [1.82, 2.24) is 0 Å². The van der Waals surface area contributed by atoms with Gasteiger partial charge in [-0.15, -0.1) is 0 Å². The van der Waals surface area contributed by atoms with Crippen molar-refractivity contribution in [2.45, 2.75) is 74.8 Å². The van der Waals surface area contributed by atoms with Gasteiger partial charge in [0.2, 0.25) is 0 Å². The Morgan fingerprint density at radius 1 is 1.07 bits per heavy atom. The van der Waals surface area contributed by atoms with Gasteiger partial charge in [-0.25, -0.2) is 4.79 Å². The summed E-state index contributed by atoms with van der Waals surface area (Å²) >= 11 is 0. The van der Waals surface area contributed by atoms with Gasteiger partial charge in [0, 0.05) is 19.1 Å². The number of methoxy groups -OCH3 is 2. The van der Waals surface area contributed by atoms with Crippen molar-refractivity contribution in [3.63, 3.8) is 0 Å². The van der Waals surface area contributed by atoms with E-state index in [9.17, 15) is 39.9 Å². The van der Waals surface area contributed by atoms with Gasteiger partial charge in [-0.05, 0) is 18.1 Å². The van der Waals surface area contributed by atoms with Gasteiger partial charge in [0.1, 0.15) is 41.2 Å². The van der Waals surface area contributed by atoms with E-state index in [4.69, 9.17) is 23.7 Å². The van der Waals surface area contributed by atoms with Crippen LogP contribution in [0.4, 0.5) is 0 Å². The fraction of sp³-hybridized carbons (Fsp3) is 0.607. The summed E-state index contributed by atoms with van der Waals surface area (Å²) < 4.78 is 28.9. The monoisotopic (exact) mass is 576 g/mol. The van der Waals surface area contributed by atoms with Crippen LogP contribution >= 0.6 is 0 Å². The molecule has 2 aliphatic carbocycles. The lowest BCUT2D eigenvalue weighted by atomic mass is 9.48. The number of epoxide rings is 1. The van der Waals surface area contributed by atoms with Crippen molar-refractivity contribution in [3.05, 3.63) is 29.0 Å². The number of hydrogen-bond donors (Lipinski definition) is 5. The zero-order valence-corrected chi connectivity index (χ0v) is 23.0. The Bertz CT molecular complexity index is 1390. The van der Waals surface area contributed by atoms with Gasteiger partial charge in [-0.3, -0.25) is 9.59 Å². The van der Waals surface area contributed by atoms with Crippen LogP contribution in [0, 0.1) is 17.3 Å². The molecule has 1 spiro atoms. The van der Waals surface area contributed by atoms with Gasteiger partial charge in [-0.2, -0.15) is 0 Å². The lowest BCUT2D eigenvalue weighted by Gasteiger charge is -2.60. The largest absolute Gasteiger partial charge is 0.504 e. The molecule has 3 heterocycles. The Morgan fingerprint density at radius 2 is 1.71 bits per heavy atom. The number of fused-ring (bicyclic) bond motifs is 8. The number of phenols is 3. The SMILES string of the molecule is COC(CC(=O)c1cc(O)c(O)c(O)c1)=C1CC2(OC1=O)C1OC1C1(O)C3C(=O)OC(C(OC)C21C)C3(O)C(C)C. The fourth-order valence-corrected chi connectivity index (χ4v) is 8.04. The molecule has 5 aliphatic rings. The molecule has 5 N–H and O–H groups in total. The normalized spacial score (nSPS) is 43.1. The quantitative estimate of drug-likeness (QED) is 0.0780. The number of ketones is 1. The standard InChI is InChI=1S/C28H32O13/c1-10(2)27(35)18-24(34)40-21(27)19(38-5)25(3)26(20-22(39-20)28(18,25)36)9-12(23(33)41-26)16(37-4)8-13(29)11-6-14(30)17(32)15(31)7-11/h6-7,10,18-22,30-32,35-36H,8-9H2,1-5H3. The number of aliphatic hydroxyl groups is 2. The van der Waals surface area contributed by atoms with E-state index in [1.165, 1.54) is 14.2 Å². The Kier molecular flexibility index (Phi) is 5.65. The third-order valence-corrected chi connectivity index (χ3v) is 10.2. The van der Waals surface area contributed by atoms with E-state index in [1.54, 1.807) is 20.8 Å². The maximum Gasteiger partial charge on any atom is 0.338 e. The molecular formula is C28H32O13. The second-order valence-electron chi connectivity index (χ2n) is 12.0. The van der Waals surface area contributed by atoms with Gasteiger partial charge in [0.05, 0.1) is 24.5 Å². The molecule has 9 atom stereocenters. The number of carbonyl (C=O) groups is 3. The predicted octanol–water partition coefficient (Wildman–Crippen LogP) is 0.438. The van der Waals surface area contributed by atoms with Crippen LogP contribution in [0.25, 0.3) is 0 Å². The third kappa shape index (κ3) is 3.01. The second-order valence-corrected chi connectivity index (χ2v) is 12.0. The lowest BCUT2D eigenvalue weighted by molar-refractivity contribution is -0.313. The number of benzene rings is 1. The minimum absolute atomic E-state index is 0.00747. The Hall–Kier alpha value is -3.39. The first-order valence-corrected chi connectivity index (χ1v) is 13.3. The highest BCUT2D eigenvalue weighted by atomic mass is 16.7. The van der Waals surface area contributed by atoms with Crippen LogP contribution < -0.4 is 0 Å². The molecule has 0 radical (unpaired) electrons. The van der Waals surface area contributed by atoms with Crippen molar-refractivity contribution < 1.29 is 63.6 Å². The smallest absolute Gasteiger partial charge is 0.338 e. The summed E-state index contributed by atoms with van der Waals surface area (Å²) in [5, 5.41) is 53.5. The van der Waals surface area contributed by atoms with Crippen LogP contribution in [0.2, 0.25) is 0 Å². The molecule has 41 heavy (non-hydrogen) atoms. The first kappa shape index (κ1) is 27.8. The molecule has 5 fully saturated rings. The van der Waals surface area contributed by atoms with E-state index in [1.807, 2.05) is 0 Å². The van der Waals surface area contributed by atoms with Crippen LogP contribution in [0.1, 0.15) is 44.0 Å². The fourth-order valence-electron chi connectivity index (χ4n) is 8.04. The van der Waals surface area contributed by atoms with E-state index in [0.29, 0.717) is 0 Å². The molecule has 13 nitrogen and oxygen atoms in total. The molecule has 0 aromatic heterocycles. The summed E-state index contributed by atoms with van der Waals surface area (Å²) in [6.45, 7) is 5.06. The Labute approximate surface area is 234 Å². The second kappa shape index (κ2) is 8.34. The van der Waals surface area contributed by atoms with E-state index in [-0.39, 0.29) is 23.3 Å². The molecule has 3 saturated heterocycles. The maximum absolute atomic E-state index is 13.5. The average Bonchev–Trinajstić information content (AvgIpc) is 3.57. The van der Waals surface area contributed by atoms with Crippen LogP contribution in [-0.4, -0.2) is 98.7 Å². The molecule has 2 saturated carbocycles. The molecule has 0 amide bonds. The third-order valence-electron chi connectivity index (χ3n) is 10.2. The van der Waals surface area contributed by atoms with E-state index < -0.39 is 99.9 Å². The van der Waals surface area contributed by atoms with Gasteiger partial charge in [0.15, 0.2) is 34.7 Å². The molecule has 222 valence electrons. The summed E-state index contributed by atoms with van der Waals surface area (Å²) in [5.74, 6) is -6.44. The average molecular weight is 577 g/mol. The highest BCUT2D eigenvalue weighted by Gasteiger charge is 2.95. The highest BCUT2D eigenvalue weighted by Crippen LogP contribution is 2.76. The molecule has 3 aliphatic heterocycles. The first-order valence-electron chi connectivity index (χ1n) is 13.3. The Balaban J connectivity index is 1.42. The number of aromatic hydroxyl groups is 3. The minimum Gasteiger partial charge on any atom is -0.504 e. The Morgan fingerprint density at radius 3 is 2.27 bits per heavy atom. The summed E-state index contributed by atoms with van der Waals surface area (Å²) in [4.78, 5) is 39.7. The molecule has 13 heteroatoms. The summed E-state index contributed by atoms with van der Waals surface area (Å²) in [6, 6.07) is 1.94. The number of Topliss-reactive ketones (excluding diaryl/α,β-unsaturated/α-hetero) is 1. The van der Waals surface area contributed by atoms with Gasteiger partial charge in [0.25, 0.3) is 0 Å². The van der Waals surface area contributed by atoms with Crippen molar-refractivity contribution >= 4 is 17.7 Å². The summed E-state index contributed by atoms with van der Waals surface area (Å²) in [6.07, 6.45) is -4.75. The number of rotatable bonds is 6. The molecule has 9 unspecified atom stereocenters. The molecule has 1 aromatic rings. The molecule has 2 bridgehead atoms. The number of esters is 2. The van der Waals surface area contributed by atoms with E-state index >= 15 is 0 Å².